The number of non-ortho nitro benzene ring substituents is 1. The Bertz CT molecular complexity index is 1230. The summed E-state index contributed by atoms with van der Waals surface area (Å²) in [7, 11) is 0. The van der Waals surface area contributed by atoms with Crippen LogP contribution in [0.25, 0.3) is 10.2 Å². The number of anilines is 2. The fraction of sp³-hybridized carbons (Fsp3) is 0.0714. The second kappa shape index (κ2) is 7.34. The SMILES string of the molecule is O=[N+]([O-])c1ccc2nc(Nc3c([N+](=O)[O-])cc(C(F)(F)F)c(Cl)c3[N+](=O)[O-])sc2c1. The number of benzene rings is 2. The molecule has 11 nitrogen and oxygen atoms in total. The quantitative estimate of drug-likeness (QED) is 0.387. The molecule has 0 bridgehead atoms. The van der Waals surface area contributed by atoms with E-state index in [1.54, 1.807) is 0 Å². The van der Waals surface area contributed by atoms with Crippen molar-refractivity contribution in [3.8, 4) is 0 Å². The molecule has 0 amide bonds. The highest BCUT2D eigenvalue weighted by molar-refractivity contribution is 7.22. The van der Waals surface area contributed by atoms with E-state index in [1.807, 2.05) is 0 Å². The van der Waals surface area contributed by atoms with E-state index in [9.17, 15) is 43.5 Å². The molecule has 1 heterocycles. The second-order valence-electron chi connectivity index (χ2n) is 5.55. The first-order valence-electron chi connectivity index (χ1n) is 7.44. The average molecular weight is 464 g/mol. The molecule has 3 aromatic rings. The summed E-state index contributed by atoms with van der Waals surface area (Å²) in [4.78, 5) is 34.3. The highest BCUT2D eigenvalue weighted by atomic mass is 35.5. The number of fused-ring (bicyclic) bond motifs is 1. The predicted molar refractivity (Wildman–Crippen MR) is 99.3 cm³/mol. The van der Waals surface area contributed by atoms with Crippen LogP contribution >= 0.6 is 22.9 Å². The smallest absolute Gasteiger partial charge is 0.320 e. The van der Waals surface area contributed by atoms with Gasteiger partial charge in [0.05, 0.1) is 30.6 Å². The van der Waals surface area contributed by atoms with Crippen molar-refractivity contribution in [2.75, 3.05) is 5.32 Å². The van der Waals surface area contributed by atoms with Gasteiger partial charge in [-0.05, 0) is 6.07 Å². The standard InChI is InChI=1S/C14H5ClF3N5O6S/c15-10-6(14(16,17)18)4-8(22(26)27)11(12(10)23(28)29)20-13-19-7-2-1-5(21(24)25)3-9(7)30-13/h1-4H,(H,19,20). The van der Waals surface area contributed by atoms with E-state index in [2.05, 4.69) is 10.3 Å². The number of aromatic nitrogens is 1. The lowest BCUT2D eigenvalue weighted by atomic mass is 10.1. The summed E-state index contributed by atoms with van der Waals surface area (Å²) in [6.45, 7) is 0. The van der Waals surface area contributed by atoms with Crippen LogP contribution in [0, 0.1) is 30.3 Å². The first-order chi connectivity index (χ1) is 13.9. The highest BCUT2D eigenvalue weighted by Gasteiger charge is 2.42. The predicted octanol–water partition coefficient (Wildman–Crippen LogP) is 5.44. The Morgan fingerprint density at radius 3 is 2.23 bits per heavy atom. The first kappa shape index (κ1) is 21.1. The number of thiazole rings is 1. The molecule has 0 aliphatic heterocycles. The van der Waals surface area contributed by atoms with Crippen LogP contribution in [0.2, 0.25) is 5.02 Å². The number of rotatable bonds is 5. The van der Waals surface area contributed by atoms with Gasteiger partial charge in [-0.15, -0.1) is 0 Å². The third kappa shape index (κ3) is 3.79. The van der Waals surface area contributed by atoms with Crippen molar-refractivity contribution >= 4 is 61.0 Å². The highest BCUT2D eigenvalue weighted by Crippen LogP contribution is 2.48. The number of hydrogen-bond donors (Lipinski definition) is 1. The monoisotopic (exact) mass is 463 g/mol. The van der Waals surface area contributed by atoms with Crippen LogP contribution < -0.4 is 5.32 Å². The summed E-state index contributed by atoms with van der Waals surface area (Å²) in [5.74, 6) is 0. The molecular formula is C14H5ClF3N5O6S. The van der Waals surface area contributed by atoms with Crippen LogP contribution in [-0.2, 0) is 6.18 Å². The summed E-state index contributed by atoms with van der Waals surface area (Å²) in [6.07, 6.45) is -5.18. The van der Waals surface area contributed by atoms with Crippen molar-refractivity contribution in [3.05, 3.63) is 65.2 Å². The molecule has 0 saturated carbocycles. The van der Waals surface area contributed by atoms with E-state index in [0.29, 0.717) is 0 Å². The molecule has 0 atom stereocenters. The lowest BCUT2D eigenvalue weighted by Gasteiger charge is -2.12. The minimum absolute atomic E-state index is 0.0792. The molecule has 1 aromatic heterocycles. The molecule has 1 N–H and O–H groups in total. The van der Waals surface area contributed by atoms with E-state index in [4.69, 9.17) is 11.6 Å². The molecule has 156 valence electrons. The fourth-order valence-electron chi connectivity index (χ4n) is 2.46. The van der Waals surface area contributed by atoms with Gasteiger partial charge in [0.25, 0.3) is 5.69 Å². The lowest BCUT2D eigenvalue weighted by molar-refractivity contribution is -0.392. The van der Waals surface area contributed by atoms with Gasteiger partial charge < -0.3 is 5.32 Å². The van der Waals surface area contributed by atoms with E-state index >= 15 is 0 Å². The molecule has 0 saturated heterocycles. The summed E-state index contributed by atoms with van der Waals surface area (Å²) in [5.41, 5.74) is -5.31. The van der Waals surface area contributed by atoms with Gasteiger partial charge in [-0.1, -0.05) is 22.9 Å². The minimum atomic E-state index is -5.18. The first-order valence-corrected chi connectivity index (χ1v) is 8.64. The van der Waals surface area contributed by atoms with Gasteiger partial charge in [-0.25, -0.2) is 4.98 Å². The Balaban J connectivity index is 2.21. The third-order valence-electron chi connectivity index (χ3n) is 3.72. The Hall–Kier alpha value is -3.59. The number of hydrogen-bond acceptors (Lipinski definition) is 9. The molecule has 3 rings (SSSR count). The molecule has 0 fully saturated rings. The van der Waals surface area contributed by atoms with E-state index in [1.165, 1.54) is 6.07 Å². The molecule has 0 aliphatic rings. The Morgan fingerprint density at radius 1 is 1.03 bits per heavy atom. The number of nitro groups is 3. The van der Waals surface area contributed by atoms with E-state index in [-0.39, 0.29) is 27.1 Å². The van der Waals surface area contributed by atoms with Crippen molar-refractivity contribution in [2.45, 2.75) is 6.18 Å². The number of alkyl halides is 3. The van der Waals surface area contributed by atoms with Crippen molar-refractivity contribution < 1.29 is 27.9 Å². The zero-order chi connectivity index (χ0) is 22.4. The van der Waals surface area contributed by atoms with E-state index in [0.717, 1.165) is 23.5 Å². The van der Waals surface area contributed by atoms with Crippen molar-refractivity contribution in [1.82, 2.24) is 4.98 Å². The largest absolute Gasteiger partial charge is 0.418 e. The van der Waals surface area contributed by atoms with Gasteiger partial charge >= 0.3 is 17.6 Å². The van der Waals surface area contributed by atoms with Gasteiger partial charge in [-0.3, -0.25) is 30.3 Å². The Labute approximate surface area is 171 Å². The molecule has 2 aromatic carbocycles. The maximum atomic E-state index is 13.1. The fourth-order valence-corrected chi connectivity index (χ4v) is 3.69. The van der Waals surface area contributed by atoms with Crippen LogP contribution in [0.1, 0.15) is 5.56 Å². The lowest BCUT2D eigenvalue weighted by Crippen LogP contribution is -2.11. The summed E-state index contributed by atoms with van der Waals surface area (Å²) in [5, 5.41) is 34.3. The van der Waals surface area contributed by atoms with Gasteiger partial charge in [0, 0.05) is 18.2 Å². The minimum Gasteiger partial charge on any atom is -0.320 e. The van der Waals surface area contributed by atoms with Crippen LogP contribution in [0.4, 0.5) is 41.1 Å². The van der Waals surface area contributed by atoms with E-state index < -0.39 is 48.6 Å². The van der Waals surface area contributed by atoms with Crippen LogP contribution in [0.3, 0.4) is 0 Å². The topological polar surface area (TPSA) is 154 Å². The second-order valence-corrected chi connectivity index (χ2v) is 6.95. The normalized spacial score (nSPS) is 11.5. The maximum absolute atomic E-state index is 13.1. The van der Waals surface area contributed by atoms with Gasteiger partial charge in [0.1, 0.15) is 5.02 Å². The average Bonchev–Trinajstić information content (AvgIpc) is 3.01. The Kier molecular flexibility index (Phi) is 5.17. The van der Waals surface area contributed by atoms with Crippen molar-refractivity contribution in [2.24, 2.45) is 0 Å². The van der Waals surface area contributed by atoms with Crippen LogP contribution in [0.5, 0.6) is 0 Å². The summed E-state index contributed by atoms with van der Waals surface area (Å²) < 4.78 is 39.6. The zero-order valence-electron chi connectivity index (χ0n) is 14.0. The van der Waals surface area contributed by atoms with Gasteiger partial charge in [0.15, 0.2) is 10.8 Å². The zero-order valence-corrected chi connectivity index (χ0v) is 15.5. The number of halogens is 4. The van der Waals surface area contributed by atoms with Gasteiger partial charge in [0.2, 0.25) is 0 Å². The van der Waals surface area contributed by atoms with Crippen molar-refractivity contribution in [1.29, 1.82) is 0 Å². The Morgan fingerprint density at radius 2 is 1.70 bits per heavy atom. The molecule has 0 spiro atoms. The molecular weight excluding hydrogens is 459 g/mol. The molecule has 30 heavy (non-hydrogen) atoms. The van der Waals surface area contributed by atoms with Crippen molar-refractivity contribution in [3.63, 3.8) is 0 Å². The summed E-state index contributed by atoms with van der Waals surface area (Å²) >= 11 is 6.30. The van der Waals surface area contributed by atoms with Gasteiger partial charge in [-0.2, -0.15) is 13.2 Å². The molecule has 0 aliphatic carbocycles. The maximum Gasteiger partial charge on any atom is 0.418 e. The number of nitrogens with one attached hydrogen (secondary N) is 1. The number of nitro benzene ring substituents is 3. The van der Waals surface area contributed by atoms with Crippen LogP contribution in [-0.4, -0.2) is 19.8 Å². The summed E-state index contributed by atoms with van der Waals surface area (Å²) in [6, 6.07) is 3.65. The number of nitrogens with zero attached hydrogens (tertiary/aromatic N) is 4. The molecule has 16 heteroatoms. The third-order valence-corrected chi connectivity index (χ3v) is 5.03. The molecule has 0 radical (unpaired) electrons. The molecule has 0 unspecified atom stereocenters. The van der Waals surface area contributed by atoms with Crippen LogP contribution in [0.15, 0.2) is 24.3 Å².